The van der Waals surface area contributed by atoms with Crippen molar-refractivity contribution < 1.29 is 5.11 Å². The van der Waals surface area contributed by atoms with Gasteiger partial charge in [0.05, 0.1) is 6.20 Å². The second kappa shape index (κ2) is 2.24. The molecule has 2 aromatic rings. The van der Waals surface area contributed by atoms with Crippen molar-refractivity contribution in [1.82, 2.24) is 9.61 Å². The van der Waals surface area contributed by atoms with Crippen LogP contribution >= 0.6 is 0 Å². The normalized spacial score (nSPS) is 10.8. The Morgan fingerprint density at radius 2 is 2.08 bits per heavy atom. The van der Waals surface area contributed by atoms with E-state index < -0.39 is 0 Å². The molecule has 12 heavy (non-hydrogen) atoms. The number of hydrogen-bond donors (Lipinski definition) is 1. The Morgan fingerprint density at radius 1 is 1.33 bits per heavy atom. The Kier molecular flexibility index (Phi) is 1.33. The molecule has 0 aromatic carbocycles. The van der Waals surface area contributed by atoms with Crippen LogP contribution < -0.4 is 0 Å². The highest BCUT2D eigenvalue weighted by Crippen LogP contribution is 2.19. The number of pyridine rings is 1. The van der Waals surface area contributed by atoms with Crippen molar-refractivity contribution in [3.63, 3.8) is 0 Å². The van der Waals surface area contributed by atoms with Crippen molar-refractivity contribution in [3.8, 4) is 5.75 Å². The predicted octanol–water partition coefficient (Wildman–Crippen LogP) is 1.66. The molecule has 2 rings (SSSR count). The van der Waals surface area contributed by atoms with Gasteiger partial charge >= 0.3 is 0 Å². The van der Waals surface area contributed by atoms with Gasteiger partial charge in [-0.05, 0) is 25.5 Å². The van der Waals surface area contributed by atoms with Crippen LogP contribution in [0.1, 0.15) is 11.3 Å². The van der Waals surface area contributed by atoms with E-state index in [9.17, 15) is 5.11 Å². The Bertz CT molecular complexity index is 431. The quantitative estimate of drug-likeness (QED) is 0.639. The van der Waals surface area contributed by atoms with Crippen LogP contribution in [0.15, 0.2) is 18.3 Å². The average molecular weight is 162 g/mol. The van der Waals surface area contributed by atoms with Gasteiger partial charge in [-0.15, -0.1) is 0 Å². The zero-order chi connectivity index (χ0) is 8.72. The first-order valence-corrected chi connectivity index (χ1v) is 3.83. The number of fused-ring (bicyclic) bond motifs is 1. The van der Waals surface area contributed by atoms with Crippen LogP contribution in [0.2, 0.25) is 0 Å². The lowest BCUT2D eigenvalue weighted by Crippen LogP contribution is -1.94. The molecular formula is C9H10N2O. The first kappa shape index (κ1) is 7.16. The molecule has 0 unspecified atom stereocenters. The second-order valence-electron chi connectivity index (χ2n) is 2.93. The molecule has 3 nitrogen and oxygen atoms in total. The van der Waals surface area contributed by atoms with Crippen molar-refractivity contribution in [2.75, 3.05) is 0 Å². The maximum absolute atomic E-state index is 9.34. The van der Waals surface area contributed by atoms with E-state index in [0.29, 0.717) is 0 Å². The zero-order valence-electron chi connectivity index (χ0n) is 7.07. The number of aromatic nitrogens is 2. The number of hydrogen-bond acceptors (Lipinski definition) is 2. The SMILES string of the molecule is Cc1ccc2c(O)cnn2c1C. The summed E-state index contributed by atoms with van der Waals surface area (Å²) in [6.45, 7) is 4.00. The minimum absolute atomic E-state index is 0.234. The van der Waals surface area contributed by atoms with Gasteiger partial charge in [-0.3, -0.25) is 0 Å². The van der Waals surface area contributed by atoms with E-state index in [-0.39, 0.29) is 5.75 Å². The molecule has 1 N–H and O–H groups in total. The van der Waals surface area contributed by atoms with Crippen molar-refractivity contribution >= 4 is 5.52 Å². The summed E-state index contributed by atoms with van der Waals surface area (Å²) in [5, 5.41) is 13.4. The molecule has 3 heteroatoms. The molecule has 0 saturated heterocycles. The topological polar surface area (TPSA) is 37.5 Å². The molecule has 0 fully saturated rings. The lowest BCUT2D eigenvalue weighted by atomic mass is 10.2. The smallest absolute Gasteiger partial charge is 0.161 e. The van der Waals surface area contributed by atoms with Gasteiger partial charge in [0.25, 0.3) is 0 Å². The third-order valence-electron chi connectivity index (χ3n) is 2.17. The van der Waals surface area contributed by atoms with Crippen LogP contribution in [-0.4, -0.2) is 14.7 Å². The molecule has 0 aliphatic heterocycles. The Balaban J connectivity index is 2.93. The van der Waals surface area contributed by atoms with Crippen LogP contribution in [0.4, 0.5) is 0 Å². The Hall–Kier alpha value is -1.51. The third-order valence-corrected chi connectivity index (χ3v) is 2.17. The van der Waals surface area contributed by atoms with Crippen LogP contribution in [0.5, 0.6) is 5.75 Å². The fourth-order valence-electron chi connectivity index (χ4n) is 1.26. The molecule has 2 heterocycles. The van der Waals surface area contributed by atoms with Gasteiger partial charge in [-0.1, -0.05) is 6.07 Å². The van der Waals surface area contributed by atoms with Gasteiger partial charge in [-0.25, -0.2) is 4.52 Å². The standard InChI is InChI=1S/C9H10N2O/c1-6-3-4-8-9(12)5-10-11(8)7(6)2/h3-5,12H,1-2H3. The monoisotopic (exact) mass is 162 g/mol. The first-order valence-electron chi connectivity index (χ1n) is 3.83. The summed E-state index contributed by atoms with van der Waals surface area (Å²) < 4.78 is 1.74. The summed E-state index contributed by atoms with van der Waals surface area (Å²) in [5.74, 6) is 0.234. The maximum Gasteiger partial charge on any atom is 0.161 e. The Morgan fingerprint density at radius 3 is 2.83 bits per heavy atom. The molecule has 2 aromatic heterocycles. The first-order chi connectivity index (χ1) is 5.70. The highest BCUT2D eigenvalue weighted by molar-refractivity contribution is 5.59. The van der Waals surface area contributed by atoms with E-state index in [0.717, 1.165) is 11.2 Å². The molecule has 0 aliphatic carbocycles. The van der Waals surface area contributed by atoms with Crippen molar-refractivity contribution in [2.45, 2.75) is 13.8 Å². The Labute approximate surface area is 70.3 Å². The molecule has 0 radical (unpaired) electrons. The summed E-state index contributed by atoms with van der Waals surface area (Å²) in [7, 11) is 0. The molecular weight excluding hydrogens is 152 g/mol. The van der Waals surface area contributed by atoms with E-state index in [1.807, 2.05) is 26.0 Å². The number of rotatable bonds is 0. The summed E-state index contributed by atoms with van der Waals surface area (Å²) in [4.78, 5) is 0. The number of aryl methyl sites for hydroxylation is 2. The van der Waals surface area contributed by atoms with Crippen LogP contribution in [0.25, 0.3) is 5.52 Å². The summed E-state index contributed by atoms with van der Waals surface area (Å²) in [6.07, 6.45) is 1.46. The van der Waals surface area contributed by atoms with E-state index in [1.165, 1.54) is 11.8 Å². The molecule has 62 valence electrons. The van der Waals surface area contributed by atoms with Gasteiger partial charge in [-0.2, -0.15) is 5.10 Å². The van der Waals surface area contributed by atoms with Crippen molar-refractivity contribution in [2.24, 2.45) is 0 Å². The third kappa shape index (κ3) is 0.794. The predicted molar refractivity (Wildman–Crippen MR) is 46.3 cm³/mol. The fraction of sp³-hybridized carbons (Fsp3) is 0.222. The largest absolute Gasteiger partial charge is 0.504 e. The highest BCUT2D eigenvalue weighted by atomic mass is 16.3. The summed E-state index contributed by atoms with van der Waals surface area (Å²) in [6, 6.07) is 3.84. The maximum atomic E-state index is 9.34. The van der Waals surface area contributed by atoms with Gasteiger partial charge in [0, 0.05) is 5.69 Å². The molecule has 0 amide bonds. The van der Waals surface area contributed by atoms with Crippen molar-refractivity contribution in [3.05, 3.63) is 29.6 Å². The van der Waals surface area contributed by atoms with Crippen LogP contribution in [0, 0.1) is 13.8 Å². The van der Waals surface area contributed by atoms with Gasteiger partial charge in [0.1, 0.15) is 5.52 Å². The number of aromatic hydroxyl groups is 1. The molecule has 0 spiro atoms. The van der Waals surface area contributed by atoms with Gasteiger partial charge in [0.2, 0.25) is 0 Å². The number of nitrogens with zero attached hydrogens (tertiary/aromatic N) is 2. The molecule has 0 aliphatic rings. The average Bonchev–Trinajstić information content (AvgIpc) is 2.41. The molecule has 0 bridgehead atoms. The minimum Gasteiger partial charge on any atom is -0.504 e. The molecule has 0 atom stereocenters. The highest BCUT2D eigenvalue weighted by Gasteiger charge is 2.04. The van der Waals surface area contributed by atoms with Gasteiger partial charge in [0.15, 0.2) is 5.75 Å². The van der Waals surface area contributed by atoms with E-state index in [2.05, 4.69) is 5.10 Å². The van der Waals surface area contributed by atoms with Crippen molar-refractivity contribution in [1.29, 1.82) is 0 Å². The fourth-order valence-corrected chi connectivity index (χ4v) is 1.26. The minimum atomic E-state index is 0.234. The second-order valence-corrected chi connectivity index (χ2v) is 2.93. The van der Waals surface area contributed by atoms with Crippen LogP contribution in [0.3, 0.4) is 0 Å². The summed E-state index contributed by atoms with van der Waals surface area (Å²) >= 11 is 0. The van der Waals surface area contributed by atoms with E-state index >= 15 is 0 Å². The lowest BCUT2D eigenvalue weighted by Gasteiger charge is -2.01. The lowest BCUT2D eigenvalue weighted by molar-refractivity contribution is 0.481. The zero-order valence-corrected chi connectivity index (χ0v) is 7.07. The summed E-state index contributed by atoms with van der Waals surface area (Å²) in [5.41, 5.74) is 3.00. The van der Waals surface area contributed by atoms with Gasteiger partial charge < -0.3 is 5.11 Å². The van der Waals surface area contributed by atoms with E-state index in [1.54, 1.807) is 4.52 Å². The molecule has 0 saturated carbocycles. The van der Waals surface area contributed by atoms with Crippen LogP contribution in [-0.2, 0) is 0 Å². The van der Waals surface area contributed by atoms with E-state index in [4.69, 9.17) is 0 Å².